The summed E-state index contributed by atoms with van der Waals surface area (Å²) in [5, 5.41) is 0. The van der Waals surface area contributed by atoms with Crippen LogP contribution in [-0.4, -0.2) is 19.1 Å². The Morgan fingerprint density at radius 3 is 2.50 bits per heavy atom. The van der Waals surface area contributed by atoms with E-state index < -0.39 is 11.6 Å². The topological polar surface area (TPSA) is 43.1 Å². The van der Waals surface area contributed by atoms with E-state index in [4.69, 9.17) is 13.3 Å². The molecule has 0 bridgehead atoms. The number of halogens is 1. The van der Waals surface area contributed by atoms with Gasteiger partial charge >= 0.3 is 0 Å². The predicted molar refractivity (Wildman–Crippen MR) is 56.1 cm³/mol. The Hall–Kier alpha value is -1.27. The molecule has 0 saturated heterocycles. The Labute approximate surface area is 85.3 Å². The zero-order valence-electron chi connectivity index (χ0n) is 7.44. The third-order valence-corrected chi connectivity index (χ3v) is 1.35. The van der Waals surface area contributed by atoms with Gasteiger partial charge in [0.25, 0.3) is 5.79 Å². The van der Waals surface area contributed by atoms with Crippen LogP contribution in [0.2, 0.25) is 0 Å². The molecule has 2 radical (unpaired) electrons. The third kappa shape index (κ3) is 5.39. The van der Waals surface area contributed by atoms with Gasteiger partial charge in [0.05, 0.1) is 0 Å². The van der Waals surface area contributed by atoms with Crippen molar-refractivity contribution in [1.29, 1.82) is 0 Å². The van der Waals surface area contributed by atoms with Gasteiger partial charge in [0.1, 0.15) is 7.57 Å². The van der Waals surface area contributed by atoms with Crippen LogP contribution in [0.15, 0.2) is 0 Å². The van der Waals surface area contributed by atoms with Crippen molar-refractivity contribution in [2.24, 2.45) is 5.73 Å². The molecule has 0 heterocycles. The third-order valence-electron chi connectivity index (χ3n) is 1.08. The molecule has 2 atom stereocenters. The summed E-state index contributed by atoms with van der Waals surface area (Å²) in [4.78, 5) is 10.5. The van der Waals surface area contributed by atoms with E-state index in [1.165, 1.54) is 0 Å². The number of rotatable bonds is 1. The highest BCUT2D eigenvalue weighted by Gasteiger charge is 2.26. The van der Waals surface area contributed by atoms with Crippen LogP contribution in [0.4, 0.5) is 4.39 Å². The Kier molecular flexibility index (Phi) is 5.67. The van der Waals surface area contributed by atoms with E-state index in [1.54, 1.807) is 0 Å². The number of carbonyl (C=O) groups is 1. The monoisotopic (exact) mass is 205 g/mol. The lowest BCUT2D eigenvalue weighted by molar-refractivity contribution is -0.124. The van der Waals surface area contributed by atoms with Gasteiger partial charge in [0.15, 0.2) is 5.78 Å². The lowest BCUT2D eigenvalue weighted by Gasteiger charge is -2.05. The Morgan fingerprint density at radius 2 is 2.00 bits per heavy atom. The first-order valence-corrected chi connectivity index (χ1v) is 4.55. The minimum atomic E-state index is -2.63. The summed E-state index contributed by atoms with van der Waals surface area (Å²) < 4.78 is 12.9. The molecule has 0 saturated carbocycles. The van der Waals surface area contributed by atoms with Gasteiger partial charge in [-0.2, -0.15) is 0 Å². The SMILES string of the molecule is [B]PC#CC#CC#CC(N)(F)C(C)=O. The Balaban J connectivity index is 4.44. The summed E-state index contributed by atoms with van der Waals surface area (Å²) in [6.45, 7) is 1.01. The first-order valence-electron chi connectivity index (χ1n) is 3.47. The fourth-order valence-corrected chi connectivity index (χ4v) is 0.475. The summed E-state index contributed by atoms with van der Waals surface area (Å²) >= 11 is 0. The van der Waals surface area contributed by atoms with E-state index in [9.17, 15) is 9.18 Å². The van der Waals surface area contributed by atoms with Crippen molar-refractivity contribution < 1.29 is 9.18 Å². The Morgan fingerprint density at radius 1 is 1.43 bits per heavy atom. The second kappa shape index (κ2) is 6.23. The first kappa shape index (κ1) is 12.7. The molecule has 14 heavy (non-hydrogen) atoms. The average molecular weight is 205 g/mol. The van der Waals surface area contributed by atoms with Crippen LogP contribution in [0.25, 0.3) is 0 Å². The smallest absolute Gasteiger partial charge is 0.280 e. The number of ketones is 1. The maximum Gasteiger partial charge on any atom is 0.280 e. The molecule has 0 aromatic heterocycles. The van der Waals surface area contributed by atoms with E-state index in [2.05, 4.69) is 29.3 Å². The van der Waals surface area contributed by atoms with E-state index in [0.717, 1.165) is 6.92 Å². The van der Waals surface area contributed by atoms with Gasteiger partial charge in [-0.05, 0) is 29.6 Å². The lowest BCUT2D eigenvalue weighted by atomic mass is 10.2. The molecule has 2 nitrogen and oxygen atoms in total. The number of hydrogen-bond donors (Lipinski definition) is 1. The van der Waals surface area contributed by atoms with Crippen molar-refractivity contribution in [3.8, 4) is 35.3 Å². The summed E-state index contributed by atoms with van der Waals surface area (Å²) in [5.74, 6) is 7.39. The molecule has 68 valence electrons. The highest BCUT2D eigenvalue weighted by Crippen LogP contribution is 2.00. The van der Waals surface area contributed by atoms with Crippen LogP contribution in [-0.2, 0) is 4.79 Å². The summed E-state index contributed by atoms with van der Waals surface area (Å²) in [5.41, 5.74) is 7.38. The van der Waals surface area contributed by atoms with E-state index in [0.29, 0.717) is 0 Å². The minimum absolute atomic E-state index is 0.00989. The standard InChI is InChI=1S/C9H6BFNOP/c1-8(13)9(11,12)6-4-2-3-5-7-14-10/h14H,12H2,1H3. The number of alkyl halides is 1. The molecule has 0 aromatic rings. The molecule has 5 heteroatoms. The van der Waals surface area contributed by atoms with Crippen molar-refractivity contribution in [3.05, 3.63) is 0 Å². The van der Waals surface area contributed by atoms with Gasteiger partial charge in [-0.3, -0.25) is 10.5 Å². The van der Waals surface area contributed by atoms with Crippen molar-refractivity contribution in [2.75, 3.05) is 0 Å². The molecular weight excluding hydrogens is 199 g/mol. The molecule has 0 aromatic carbocycles. The maximum absolute atomic E-state index is 12.9. The molecule has 2 unspecified atom stereocenters. The zero-order valence-corrected chi connectivity index (χ0v) is 8.44. The molecule has 0 rings (SSSR count). The average Bonchev–Trinajstić information content (AvgIpc) is 2.10. The maximum atomic E-state index is 12.9. The molecule has 0 fully saturated rings. The normalized spacial score (nSPS) is 12.5. The number of hydrogen-bond acceptors (Lipinski definition) is 2. The van der Waals surface area contributed by atoms with Crippen LogP contribution in [0.1, 0.15) is 6.92 Å². The van der Waals surface area contributed by atoms with Crippen LogP contribution in [0.3, 0.4) is 0 Å². The van der Waals surface area contributed by atoms with Crippen molar-refractivity contribution >= 4 is 21.8 Å². The van der Waals surface area contributed by atoms with E-state index in [1.807, 2.05) is 5.92 Å². The highest BCUT2D eigenvalue weighted by molar-refractivity contribution is 7.70. The van der Waals surface area contributed by atoms with Gasteiger partial charge in [-0.25, -0.2) is 4.39 Å². The van der Waals surface area contributed by atoms with Crippen molar-refractivity contribution in [1.82, 2.24) is 0 Å². The predicted octanol–water partition coefficient (Wildman–Crippen LogP) is -0.0704. The second-order valence-electron chi connectivity index (χ2n) is 2.16. The number of nitrogens with two attached hydrogens (primary N) is 1. The van der Waals surface area contributed by atoms with Gasteiger partial charge in [0.2, 0.25) is 0 Å². The van der Waals surface area contributed by atoms with Gasteiger partial charge < -0.3 is 0 Å². The Bertz CT molecular complexity index is 400. The fourth-order valence-electron chi connectivity index (χ4n) is 0.340. The van der Waals surface area contributed by atoms with Gasteiger partial charge in [-0.15, -0.1) is 0 Å². The molecule has 0 aliphatic carbocycles. The van der Waals surface area contributed by atoms with Crippen LogP contribution >= 0.6 is 8.46 Å². The molecule has 0 amide bonds. The van der Waals surface area contributed by atoms with E-state index in [-0.39, 0.29) is 8.46 Å². The zero-order chi connectivity index (χ0) is 11.0. The summed E-state index contributed by atoms with van der Waals surface area (Å²) in [7, 11) is 5.07. The molecule has 0 aliphatic rings. The summed E-state index contributed by atoms with van der Waals surface area (Å²) in [6, 6.07) is 0. The summed E-state index contributed by atoms with van der Waals surface area (Å²) in [6.07, 6.45) is 0. The van der Waals surface area contributed by atoms with Gasteiger partial charge in [0, 0.05) is 6.92 Å². The lowest BCUT2D eigenvalue weighted by Crippen LogP contribution is -2.40. The second-order valence-corrected chi connectivity index (χ2v) is 2.70. The fraction of sp³-hybridized carbons (Fsp3) is 0.222. The van der Waals surface area contributed by atoms with E-state index >= 15 is 0 Å². The molecular formula is C9H6BFNOP. The molecule has 0 aliphatic heterocycles. The molecule has 0 spiro atoms. The van der Waals surface area contributed by atoms with Crippen molar-refractivity contribution in [2.45, 2.75) is 12.7 Å². The number of carbonyl (C=O) groups excluding carboxylic acids is 1. The number of Topliss-reactive ketones (excluding diaryl/α,β-unsaturated/α-hetero) is 1. The molecule has 2 N–H and O–H groups in total. The minimum Gasteiger partial charge on any atom is -0.294 e. The highest BCUT2D eigenvalue weighted by atomic mass is 31.1. The first-order chi connectivity index (χ1) is 6.50. The van der Waals surface area contributed by atoms with Gasteiger partial charge in [-0.1, -0.05) is 14.1 Å². The van der Waals surface area contributed by atoms with Crippen molar-refractivity contribution in [3.63, 3.8) is 0 Å². The van der Waals surface area contributed by atoms with Crippen LogP contribution < -0.4 is 5.73 Å². The van der Waals surface area contributed by atoms with Crippen LogP contribution in [0, 0.1) is 35.3 Å². The largest absolute Gasteiger partial charge is 0.294 e. The van der Waals surface area contributed by atoms with Crippen LogP contribution in [0.5, 0.6) is 0 Å². The quantitative estimate of drug-likeness (QED) is 0.282.